The van der Waals surface area contributed by atoms with Crippen molar-refractivity contribution in [2.75, 3.05) is 14.2 Å². The normalized spacial score (nSPS) is 12.5. The Balaban J connectivity index is 2.62. The molecule has 0 saturated carbocycles. The monoisotopic (exact) mass is 289 g/mol. The molecule has 0 fully saturated rings. The molecule has 0 aliphatic carbocycles. The van der Waals surface area contributed by atoms with E-state index in [9.17, 15) is 0 Å². The number of nitrogens with zero attached hydrogens (tertiary/aromatic N) is 1. The molecule has 0 aliphatic heterocycles. The summed E-state index contributed by atoms with van der Waals surface area (Å²) in [6.07, 6.45) is 7.96. The summed E-state index contributed by atoms with van der Waals surface area (Å²) >= 11 is 0. The molecule has 1 rings (SSSR count). The zero-order valence-electron chi connectivity index (χ0n) is 14.4. The number of unbranched alkanes of at least 4 members (excludes halogenated alkanes) is 4. The Labute approximate surface area is 130 Å². The van der Waals surface area contributed by atoms with Gasteiger partial charge in [0.15, 0.2) is 0 Å². The Morgan fingerprint density at radius 1 is 1.05 bits per heavy atom. The predicted molar refractivity (Wildman–Crippen MR) is 92.3 cm³/mol. The minimum absolute atomic E-state index is 0.237. The van der Waals surface area contributed by atoms with Crippen molar-refractivity contribution in [1.82, 2.24) is 0 Å². The van der Waals surface area contributed by atoms with E-state index in [1.807, 2.05) is 0 Å². The average Bonchev–Trinajstić information content (AvgIpc) is 2.49. The van der Waals surface area contributed by atoms with Crippen molar-refractivity contribution in [2.45, 2.75) is 64.7 Å². The Hall–Kier alpha value is -1.31. The van der Waals surface area contributed by atoms with Gasteiger partial charge in [-0.15, -0.1) is 0 Å². The van der Waals surface area contributed by atoms with Crippen LogP contribution in [0, 0.1) is 0 Å². The van der Waals surface area contributed by atoms with Crippen molar-refractivity contribution in [3.63, 3.8) is 0 Å². The molecular formula is C19H31NO. The first-order valence-electron chi connectivity index (χ1n) is 8.17. The maximum atomic E-state index is 5.26. The summed E-state index contributed by atoms with van der Waals surface area (Å²) in [4.78, 5) is 4.14. The zero-order valence-corrected chi connectivity index (χ0v) is 14.4. The smallest absolute Gasteiger partial charge is 0.215 e. The van der Waals surface area contributed by atoms with Gasteiger partial charge in [0.25, 0.3) is 0 Å². The number of benzene rings is 1. The number of rotatable bonds is 8. The van der Waals surface area contributed by atoms with Gasteiger partial charge < -0.3 is 4.74 Å². The summed E-state index contributed by atoms with van der Waals surface area (Å²) in [5.41, 5.74) is 2.68. The molecule has 2 heteroatoms. The van der Waals surface area contributed by atoms with E-state index in [-0.39, 0.29) is 5.41 Å². The van der Waals surface area contributed by atoms with Crippen LogP contribution in [0.3, 0.4) is 0 Å². The summed E-state index contributed by atoms with van der Waals surface area (Å²) in [5.74, 6) is 0.693. The Morgan fingerprint density at radius 2 is 1.67 bits per heavy atom. The Bertz CT molecular complexity index is 431. The molecule has 118 valence electrons. The summed E-state index contributed by atoms with van der Waals surface area (Å²) < 4.78 is 5.26. The topological polar surface area (TPSA) is 21.6 Å². The molecule has 0 radical (unpaired) electrons. The first-order valence-corrected chi connectivity index (χ1v) is 8.17. The van der Waals surface area contributed by atoms with E-state index in [2.05, 4.69) is 50.0 Å². The zero-order chi connectivity index (χ0) is 15.7. The highest BCUT2D eigenvalue weighted by molar-refractivity contribution is 5.93. The molecule has 0 N–H and O–H groups in total. The second kappa shape index (κ2) is 8.86. The number of ether oxygens (including phenoxy) is 1. The van der Waals surface area contributed by atoms with Gasteiger partial charge in [-0.1, -0.05) is 65.0 Å². The second-order valence-corrected chi connectivity index (χ2v) is 6.36. The van der Waals surface area contributed by atoms with Crippen LogP contribution >= 0.6 is 0 Å². The fourth-order valence-electron chi connectivity index (χ4n) is 2.72. The van der Waals surface area contributed by atoms with Gasteiger partial charge in [-0.05, 0) is 29.5 Å². The third-order valence-corrected chi connectivity index (χ3v) is 4.22. The van der Waals surface area contributed by atoms with Crippen molar-refractivity contribution in [3.05, 3.63) is 35.4 Å². The molecule has 0 saturated heterocycles. The van der Waals surface area contributed by atoms with Crippen molar-refractivity contribution < 1.29 is 4.74 Å². The number of hydrogen-bond donors (Lipinski definition) is 0. The molecule has 2 nitrogen and oxygen atoms in total. The van der Waals surface area contributed by atoms with Crippen LogP contribution < -0.4 is 0 Å². The van der Waals surface area contributed by atoms with Gasteiger partial charge in [0, 0.05) is 12.6 Å². The highest BCUT2D eigenvalue weighted by atomic mass is 16.5. The van der Waals surface area contributed by atoms with Crippen LogP contribution in [0.2, 0.25) is 0 Å². The minimum atomic E-state index is 0.237. The molecule has 1 aromatic rings. The van der Waals surface area contributed by atoms with Crippen LogP contribution in [0.15, 0.2) is 29.3 Å². The Kier molecular flexibility index (Phi) is 7.49. The van der Waals surface area contributed by atoms with Gasteiger partial charge in [0.1, 0.15) is 0 Å². The van der Waals surface area contributed by atoms with E-state index >= 15 is 0 Å². The van der Waals surface area contributed by atoms with Crippen LogP contribution in [0.25, 0.3) is 0 Å². The largest absolute Gasteiger partial charge is 0.481 e. The predicted octanol–water partition coefficient (Wildman–Crippen LogP) is 5.35. The molecule has 21 heavy (non-hydrogen) atoms. The summed E-state index contributed by atoms with van der Waals surface area (Å²) in [5, 5.41) is 0. The third kappa shape index (κ3) is 5.53. The highest BCUT2D eigenvalue weighted by Gasteiger charge is 2.20. The van der Waals surface area contributed by atoms with E-state index in [1.165, 1.54) is 44.1 Å². The van der Waals surface area contributed by atoms with Crippen LogP contribution in [0.1, 0.15) is 70.4 Å². The second-order valence-electron chi connectivity index (χ2n) is 6.36. The van der Waals surface area contributed by atoms with Gasteiger partial charge >= 0.3 is 0 Å². The first kappa shape index (κ1) is 17.7. The van der Waals surface area contributed by atoms with Crippen molar-refractivity contribution >= 4 is 5.90 Å². The molecule has 0 heterocycles. The molecule has 0 bridgehead atoms. The highest BCUT2D eigenvalue weighted by Crippen LogP contribution is 2.29. The van der Waals surface area contributed by atoms with Crippen molar-refractivity contribution in [1.29, 1.82) is 0 Å². The summed E-state index contributed by atoms with van der Waals surface area (Å²) in [7, 11) is 3.42. The van der Waals surface area contributed by atoms with Crippen molar-refractivity contribution in [3.8, 4) is 0 Å². The SMILES string of the molecule is CCCCCCCC(C)(C)c1ccc(/C(=N/C)OC)cc1. The van der Waals surface area contributed by atoms with Crippen molar-refractivity contribution in [2.24, 2.45) is 4.99 Å². The number of aliphatic imine (C=N–C) groups is 1. The molecule has 0 aromatic heterocycles. The quantitative estimate of drug-likeness (QED) is 0.359. The van der Waals surface area contributed by atoms with Crippen LogP contribution in [-0.2, 0) is 10.2 Å². The van der Waals surface area contributed by atoms with E-state index in [0.29, 0.717) is 5.90 Å². The molecule has 0 aliphatic rings. The summed E-state index contributed by atoms with van der Waals surface area (Å²) in [6, 6.07) is 8.65. The average molecular weight is 289 g/mol. The number of hydrogen-bond acceptors (Lipinski definition) is 2. The van der Waals surface area contributed by atoms with E-state index in [4.69, 9.17) is 4.74 Å². The summed E-state index contributed by atoms with van der Waals surface area (Å²) in [6.45, 7) is 6.94. The molecule has 0 atom stereocenters. The molecule has 0 amide bonds. The van der Waals surface area contributed by atoms with Crippen LogP contribution in [0.4, 0.5) is 0 Å². The van der Waals surface area contributed by atoms with Crippen LogP contribution in [0.5, 0.6) is 0 Å². The maximum Gasteiger partial charge on any atom is 0.215 e. The van der Waals surface area contributed by atoms with Gasteiger partial charge in [-0.3, -0.25) is 4.99 Å². The third-order valence-electron chi connectivity index (χ3n) is 4.22. The lowest BCUT2D eigenvalue weighted by Crippen LogP contribution is -2.17. The molecule has 1 aromatic carbocycles. The lowest BCUT2D eigenvalue weighted by Gasteiger charge is -2.25. The lowest BCUT2D eigenvalue weighted by molar-refractivity contribution is 0.404. The maximum absolute atomic E-state index is 5.26. The molecule has 0 spiro atoms. The first-order chi connectivity index (χ1) is 10.0. The minimum Gasteiger partial charge on any atom is -0.481 e. The standard InChI is InChI=1S/C19H31NO/c1-6-7-8-9-10-15-19(2,3)17-13-11-16(12-14-17)18(20-4)21-5/h11-14H,6-10,15H2,1-5H3/b20-18-. The van der Waals surface area contributed by atoms with E-state index in [0.717, 1.165) is 5.56 Å². The van der Waals surface area contributed by atoms with Gasteiger partial charge in [0.05, 0.1) is 7.11 Å². The molecular weight excluding hydrogens is 258 g/mol. The molecule has 0 unspecified atom stereocenters. The van der Waals surface area contributed by atoms with E-state index < -0.39 is 0 Å². The van der Waals surface area contributed by atoms with Gasteiger partial charge in [0.2, 0.25) is 5.90 Å². The lowest BCUT2D eigenvalue weighted by atomic mass is 9.79. The fraction of sp³-hybridized carbons (Fsp3) is 0.632. The number of methoxy groups -OCH3 is 1. The fourth-order valence-corrected chi connectivity index (χ4v) is 2.72. The van der Waals surface area contributed by atoms with E-state index in [1.54, 1.807) is 14.2 Å². The van der Waals surface area contributed by atoms with Gasteiger partial charge in [-0.25, -0.2) is 0 Å². The van der Waals surface area contributed by atoms with Gasteiger partial charge in [-0.2, -0.15) is 0 Å². The Morgan fingerprint density at radius 3 is 2.19 bits per heavy atom. The van der Waals surface area contributed by atoms with Crippen LogP contribution in [-0.4, -0.2) is 20.1 Å².